The van der Waals surface area contributed by atoms with Crippen molar-refractivity contribution in [2.75, 3.05) is 12.4 Å². The molecule has 0 fully saturated rings. The van der Waals surface area contributed by atoms with E-state index in [1.165, 1.54) is 11.1 Å². The van der Waals surface area contributed by atoms with Gasteiger partial charge in [-0.15, -0.1) is 0 Å². The quantitative estimate of drug-likeness (QED) is 0.754. The molecule has 1 aromatic heterocycles. The van der Waals surface area contributed by atoms with Gasteiger partial charge < -0.3 is 14.5 Å². The third kappa shape index (κ3) is 2.59. The first-order valence-corrected chi connectivity index (χ1v) is 7.04. The van der Waals surface area contributed by atoms with Gasteiger partial charge in [-0.2, -0.15) is 0 Å². The Kier molecular flexibility index (Phi) is 3.57. The minimum absolute atomic E-state index is 0.711. The number of hydrogen-bond donors (Lipinski definition) is 1. The molecule has 0 saturated carbocycles. The van der Waals surface area contributed by atoms with Crippen LogP contribution in [-0.2, 0) is 6.54 Å². The number of nitrogens with one attached hydrogen (secondary N) is 1. The minimum Gasteiger partial charge on any atom is -0.495 e. The van der Waals surface area contributed by atoms with E-state index in [1.807, 2.05) is 37.3 Å². The molecule has 0 aliphatic carbocycles. The molecule has 2 aromatic carbocycles. The lowest BCUT2D eigenvalue weighted by Crippen LogP contribution is -2.02. The Morgan fingerprint density at radius 2 is 1.90 bits per heavy atom. The predicted molar refractivity (Wildman–Crippen MR) is 86.0 cm³/mol. The first-order chi connectivity index (χ1) is 10.2. The van der Waals surface area contributed by atoms with Gasteiger partial charge in [-0.25, -0.2) is 0 Å². The van der Waals surface area contributed by atoms with Crippen LogP contribution in [0.5, 0.6) is 5.75 Å². The van der Waals surface area contributed by atoms with E-state index in [9.17, 15) is 0 Å². The first-order valence-electron chi connectivity index (χ1n) is 7.04. The van der Waals surface area contributed by atoms with E-state index in [-0.39, 0.29) is 0 Å². The molecule has 3 rings (SSSR count). The Balaban J connectivity index is 1.88. The molecule has 0 aliphatic heterocycles. The summed E-state index contributed by atoms with van der Waals surface area (Å²) in [5.41, 5.74) is 4.30. The van der Waals surface area contributed by atoms with Crippen LogP contribution in [0.1, 0.15) is 16.9 Å². The maximum Gasteiger partial charge on any atom is 0.142 e. The van der Waals surface area contributed by atoms with Crippen LogP contribution in [0.25, 0.3) is 11.0 Å². The molecule has 3 heteroatoms. The van der Waals surface area contributed by atoms with Gasteiger partial charge >= 0.3 is 0 Å². The number of ether oxygens (including phenoxy) is 1. The number of aryl methyl sites for hydroxylation is 2. The Bertz CT molecular complexity index is 774. The summed E-state index contributed by atoms with van der Waals surface area (Å²) in [6.07, 6.45) is 0. The Morgan fingerprint density at radius 3 is 2.71 bits per heavy atom. The second-order valence-electron chi connectivity index (χ2n) is 5.19. The third-order valence-electron chi connectivity index (χ3n) is 3.71. The smallest absolute Gasteiger partial charge is 0.142 e. The standard InChI is InChI=1S/C18H19NO2/c1-12-8-9-16(18(10-12)20-3)19-11-15-13(2)21-17-7-5-4-6-14(15)17/h4-10,19H,11H2,1-3H3. The molecular weight excluding hydrogens is 262 g/mol. The summed E-state index contributed by atoms with van der Waals surface area (Å²) in [4.78, 5) is 0. The Labute approximate surface area is 124 Å². The van der Waals surface area contributed by atoms with Gasteiger partial charge in [0.2, 0.25) is 0 Å². The summed E-state index contributed by atoms with van der Waals surface area (Å²) in [5, 5.41) is 4.60. The fourth-order valence-corrected chi connectivity index (χ4v) is 2.57. The molecule has 1 heterocycles. The summed E-state index contributed by atoms with van der Waals surface area (Å²) in [6, 6.07) is 14.3. The van der Waals surface area contributed by atoms with Crippen LogP contribution in [0.15, 0.2) is 46.9 Å². The van der Waals surface area contributed by atoms with E-state index in [1.54, 1.807) is 7.11 Å². The zero-order valence-corrected chi connectivity index (χ0v) is 12.6. The predicted octanol–water partition coefficient (Wildman–Crippen LogP) is 4.67. The molecule has 0 radical (unpaired) electrons. The molecule has 0 amide bonds. The highest BCUT2D eigenvalue weighted by Gasteiger charge is 2.11. The highest BCUT2D eigenvalue weighted by Crippen LogP contribution is 2.29. The monoisotopic (exact) mass is 281 g/mol. The van der Waals surface area contributed by atoms with Gasteiger partial charge in [0, 0.05) is 17.5 Å². The van der Waals surface area contributed by atoms with Gasteiger partial charge in [0.15, 0.2) is 0 Å². The van der Waals surface area contributed by atoms with Crippen LogP contribution in [0.3, 0.4) is 0 Å². The minimum atomic E-state index is 0.711. The zero-order valence-electron chi connectivity index (χ0n) is 12.6. The van der Waals surface area contributed by atoms with Gasteiger partial charge in [-0.05, 0) is 37.6 Å². The van der Waals surface area contributed by atoms with Gasteiger partial charge in [-0.3, -0.25) is 0 Å². The third-order valence-corrected chi connectivity index (χ3v) is 3.71. The lowest BCUT2D eigenvalue weighted by molar-refractivity contribution is 0.416. The highest BCUT2D eigenvalue weighted by atomic mass is 16.5. The van der Waals surface area contributed by atoms with Gasteiger partial charge in [0.25, 0.3) is 0 Å². The maximum atomic E-state index is 5.79. The molecule has 0 saturated heterocycles. The number of para-hydroxylation sites is 1. The van der Waals surface area contributed by atoms with E-state index in [4.69, 9.17) is 9.15 Å². The molecule has 108 valence electrons. The summed E-state index contributed by atoms with van der Waals surface area (Å²) >= 11 is 0. The van der Waals surface area contributed by atoms with Crippen molar-refractivity contribution in [3.63, 3.8) is 0 Å². The van der Waals surface area contributed by atoms with Crippen LogP contribution in [0.4, 0.5) is 5.69 Å². The van der Waals surface area contributed by atoms with Gasteiger partial charge in [-0.1, -0.05) is 24.3 Å². The largest absolute Gasteiger partial charge is 0.495 e. The molecule has 3 aromatic rings. The van der Waals surface area contributed by atoms with E-state index in [0.29, 0.717) is 6.54 Å². The number of benzene rings is 2. The van der Waals surface area contributed by atoms with Crippen LogP contribution in [-0.4, -0.2) is 7.11 Å². The lowest BCUT2D eigenvalue weighted by atomic mass is 10.1. The molecule has 0 spiro atoms. The molecule has 21 heavy (non-hydrogen) atoms. The van der Waals surface area contributed by atoms with Crippen LogP contribution >= 0.6 is 0 Å². The van der Waals surface area contributed by atoms with E-state index >= 15 is 0 Å². The van der Waals surface area contributed by atoms with Crippen molar-refractivity contribution in [2.45, 2.75) is 20.4 Å². The number of hydrogen-bond acceptors (Lipinski definition) is 3. The van der Waals surface area contributed by atoms with Crippen molar-refractivity contribution >= 4 is 16.7 Å². The van der Waals surface area contributed by atoms with E-state index < -0.39 is 0 Å². The Morgan fingerprint density at radius 1 is 1.10 bits per heavy atom. The van der Waals surface area contributed by atoms with Crippen LogP contribution < -0.4 is 10.1 Å². The molecule has 0 atom stereocenters. The fraction of sp³-hybridized carbons (Fsp3) is 0.222. The van der Waals surface area contributed by atoms with Gasteiger partial charge in [0.1, 0.15) is 17.1 Å². The van der Waals surface area contributed by atoms with Crippen molar-refractivity contribution < 1.29 is 9.15 Å². The second kappa shape index (κ2) is 5.52. The summed E-state index contributed by atoms with van der Waals surface area (Å²) < 4.78 is 11.2. The van der Waals surface area contributed by atoms with Crippen molar-refractivity contribution in [3.8, 4) is 5.75 Å². The van der Waals surface area contributed by atoms with Crippen molar-refractivity contribution in [3.05, 3.63) is 59.4 Å². The summed E-state index contributed by atoms with van der Waals surface area (Å²) in [5.74, 6) is 1.82. The van der Waals surface area contributed by atoms with Crippen molar-refractivity contribution in [1.29, 1.82) is 0 Å². The number of rotatable bonds is 4. The number of fused-ring (bicyclic) bond motifs is 1. The molecule has 0 unspecified atom stereocenters. The van der Waals surface area contributed by atoms with E-state index in [0.717, 1.165) is 28.2 Å². The summed E-state index contributed by atoms with van der Waals surface area (Å²) in [6.45, 7) is 4.77. The van der Waals surface area contributed by atoms with E-state index in [2.05, 4.69) is 24.4 Å². The Hall–Kier alpha value is -2.42. The van der Waals surface area contributed by atoms with Gasteiger partial charge in [0.05, 0.1) is 12.8 Å². The van der Waals surface area contributed by atoms with Crippen molar-refractivity contribution in [2.24, 2.45) is 0 Å². The highest BCUT2D eigenvalue weighted by molar-refractivity contribution is 5.82. The average molecular weight is 281 g/mol. The van der Waals surface area contributed by atoms with Crippen molar-refractivity contribution in [1.82, 2.24) is 0 Å². The van der Waals surface area contributed by atoms with Crippen LogP contribution in [0.2, 0.25) is 0 Å². The maximum absolute atomic E-state index is 5.79. The molecule has 3 nitrogen and oxygen atoms in total. The average Bonchev–Trinajstić information content (AvgIpc) is 2.81. The second-order valence-corrected chi connectivity index (χ2v) is 5.19. The number of anilines is 1. The topological polar surface area (TPSA) is 34.4 Å². The normalized spacial score (nSPS) is 10.8. The number of methoxy groups -OCH3 is 1. The molecule has 0 aliphatic rings. The number of furan rings is 1. The SMILES string of the molecule is COc1cc(C)ccc1NCc1c(C)oc2ccccc12. The first kappa shape index (κ1) is 13.6. The fourth-order valence-electron chi connectivity index (χ4n) is 2.57. The zero-order chi connectivity index (χ0) is 14.8. The summed E-state index contributed by atoms with van der Waals surface area (Å²) in [7, 11) is 1.69. The molecule has 1 N–H and O–H groups in total. The molecule has 0 bridgehead atoms. The van der Waals surface area contributed by atoms with Crippen LogP contribution in [0, 0.1) is 13.8 Å². The molecular formula is C18H19NO2. The lowest BCUT2D eigenvalue weighted by Gasteiger charge is -2.11.